The van der Waals surface area contributed by atoms with Crippen molar-refractivity contribution in [2.45, 2.75) is 70.4 Å². The summed E-state index contributed by atoms with van der Waals surface area (Å²) in [5, 5.41) is 15.1. The summed E-state index contributed by atoms with van der Waals surface area (Å²) in [5.41, 5.74) is -0.0697. The van der Waals surface area contributed by atoms with Crippen LogP contribution in [0.25, 0.3) is 0 Å². The Morgan fingerprint density at radius 2 is 1.59 bits per heavy atom. The van der Waals surface area contributed by atoms with Crippen LogP contribution in [0.3, 0.4) is 0 Å². The van der Waals surface area contributed by atoms with Gasteiger partial charge in [0.15, 0.2) is 0 Å². The second-order valence-electron chi connectivity index (χ2n) is 8.32. The molecule has 0 aromatic carbocycles. The van der Waals surface area contributed by atoms with Crippen molar-refractivity contribution in [3.05, 3.63) is 0 Å². The first kappa shape index (κ1) is 15.6. The minimum atomic E-state index is -0.950. The van der Waals surface area contributed by atoms with Gasteiger partial charge in [0, 0.05) is 5.54 Å². The third-order valence-electron chi connectivity index (χ3n) is 5.73. The molecule has 4 saturated carbocycles. The number of rotatable bonds is 5. The minimum Gasteiger partial charge on any atom is -0.480 e. The van der Waals surface area contributed by atoms with E-state index < -0.39 is 12.0 Å². The van der Waals surface area contributed by atoms with E-state index in [0.717, 1.165) is 37.0 Å². The van der Waals surface area contributed by atoms with Crippen LogP contribution in [-0.4, -0.2) is 28.7 Å². The summed E-state index contributed by atoms with van der Waals surface area (Å²) in [4.78, 5) is 23.6. The van der Waals surface area contributed by atoms with Gasteiger partial charge in [-0.3, -0.25) is 0 Å². The molecule has 5 nitrogen and oxygen atoms in total. The molecule has 0 saturated heterocycles. The first-order chi connectivity index (χ1) is 10.3. The molecular formula is C17H28N2O3. The van der Waals surface area contributed by atoms with Gasteiger partial charge in [-0.1, -0.05) is 13.8 Å². The van der Waals surface area contributed by atoms with Crippen molar-refractivity contribution in [2.24, 2.45) is 23.7 Å². The SMILES string of the molecule is CC(C)CC(NC(=O)NC12CC3CC(CC(C3)C1)C2)C(=O)O. The van der Waals surface area contributed by atoms with Crippen LogP contribution in [0.4, 0.5) is 4.79 Å². The Balaban J connectivity index is 1.60. The van der Waals surface area contributed by atoms with E-state index in [1.165, 1.54) is 19.3 Å². The minimum absolute atomic E-state index is 0.0697. The molecule has 4 aliphatic rings. The highest BCUT2D eigenvalue weighted by Gasteiger charge is 2.51. The molecule has 4 fully saturated rings. The topological polar surface area (TPSA) is 78.4 Å². The molecule has 3 N–H and O–H groups in total. The number of amides is 2. The Bertz CT molecular complexity index is 426. The van der Waals surface area contributed by atoms with Gasteiger partial charge in [0.2, 0.25) is 0 Å². The Kier molecular flexibility index (Phi) is 4.08. The Labute approximate surface area is 132 Å². The van der Waals surface area contributed by atoms with E-state index in [-0.39, 0.29) is 17.5 Å². The van der Waals surface area contributed by atoms with Crippen molar-refractivity contribution in [2.75, 3.05) is 0 Å². The summed E-state index contributed by atoms with van der Waals surface area (Å²) in [7, 11) is 0. The lowest BCUT2D eigenvalue weighted by molar-refractivity contribution is -0.139. The van der Waals surface area contributed by atoms with E-state index in [4.69, 9.17) is 0 Å². The number of aliphatic carboxylic acids is 1. The zero-order valence-corrected chi connectivity index (χ0v) is 13.6. The quantitative estimate of drug-likeness (QED) is 0.730. The van der Waals surface area contributed by atoms with Gasteiger partial charge >= 0.3 is 12.0 Å². The lowest BCUT2D eigenvalue weighted by Gasteiger charge is -2.56. The van der Waals surface area contributed by atoms with E-state index in [9.17, 15) is 14.7 Å². The number of carboxylic acids is 1. The number of carbonyl (C=O) groups is 2. The highest BCUT2D eigenvalue weighted by Crippen LogP contribution is 2.55. The fourth-order valence-electron chi connectivity index (χ4n) is 5.39. The van der Waals surface area contributed by atoms with Crippen LogP contribution in [0.15, 0.2) is 0 Å². The largest absolute Gasteiger partial charge is 0.480 e. The van der Waals surface area contributed by atoms with E-state index in [1.807, 2.05) is 13.8 Å². The second kappa shape index (κ2) is 5.74. The number of carboxylic acid groups (broad SMARTS) is 1. The molecule has 124 valence electrons. The van der Waals surface area contributed by atoms with E-state index >= 15 is 0 Å². The number of hydrogen-bond donors (Lipinski definition) is 3. The first-order valence-electron chi connectivity index (χ1n) is 8.67. The molecule has 2 amide bonds. The van der Waals surface area contributed by atoms with E-state index in [1.54, 1.807) is 0 Å². The van der Waals surface area contributed by atoms with Gasteiger partial charge in [-0.25, -0.2) is 9.59 Å². The Morgan fingerprint density at radius 3 is 2.00 bits per heavy atom. The van der Waals surface area contributed by atoms with E-state index in [0.29, 0.717) is 6.42 Å². The Hall–Kier alpha value is -1.26. The molecule has 0 aliphatic heterocycles. The molecule has 1 atom stereocenters. The zero-order chi connectivity index (χ0) is 15.9. The fraction of sp³-hybridized carbons (Fsp3) is 0.882. The maximum atomic E-state index is 12.3. The molecular weight excluding hydrogens is 280 g/mol. The molecule has 0 aromatic heterocycles. The molecule has 0 heterocycles. The van der Waals surface area contributed by atoms with Crippen molar-refractivity contribution in [1.29, 1.82) is 0 Å². The Morgan fingerprint density at radius 1 is 1.09 bits per heavy atom. The van der Waals surface area contributed by atoms with Crippen LogP contribution in [0.1, 0.15) is 58.8 Å². The molecule has 1 unspecified atom stereocenters. The third-order valence-corrected chi connectivity index (χ3v) is 5.73. The summed E-state index contributed by atoms with van der Waals surface area (Å²) in [6, 6.07) is -1.09. The van der Waals surface area contributed by atoms with Crippen molar-refractivity contribution >= 4 is 12.0 Å². The summed E-state index contributed by atoms with van der Waals surface area (Å²) >= 11 is 0. The molecule has 4 bridgehead atoms. The lowest BCUT2D eigenvalue weighted by Crippen LogP contribution is -2.62. The standard InChI is InChI=1S/C17H28N2O3/c1-10(2)3-14(15(20)21)18-16(22)19-17-7-11-4-12(8-17)6-13(5-11)9-17/h10-14H,3-9H2,1-2H3,(H,20,21)(H2,18,19,22). The molecule has 0 radical (unpaired) electrons. The summed E-state index contributed by atoms with van der Waals surface area (Å²) in [6.45, 7) is 3.93. The molecule has 5 heteroatoms. The van der Waals surface area contributed by atoms with Crippen LogP contribution < -0.4 is 10.6 Å². The highest BCUT2D eigenvalue weighted by molar-refractivity contribution is 5.82. The number of carbonyl (C=O) groups excluding carboxylic acids is 1. The summed E-state index contributed by atoms with van der Waals surface area (Å²) < 4.78 is 0. The average molecular weight is 308 g/mol. The predicted molar refractivity (Wildman–Crippen MR) is 83.4 cm³/mol. The van der Waals surface area contributed by atoms with Gasteiger partial charge in [0.05, 0.1) is 0 Å². The molecule has 4 rings (SSSR count). The predicted octanol–water partition coefficient (Wildman–Crippen LogP) is 2.75. The number of nitrogens with one attached hydrogen (secondary N) is 2. The van der Waals surface area contributed by atoms with E-state index in [2.05, 4.69) is 10.6 Å². The van der Waals surface area contributed by atoms with Crippen LogP contribution in [0.5, 0.6) is 0 Å². The van der Waals surface area contributed by atoms with Gasteiger partial charge in [0.25, 0.3) is 0 Å². The van der Waals surface area contributed by atoms with Crippen molar-refractivity contribution in [1.82, 2.24) is 10.6 Å². The zero-order valence-electron chi connectivity index (χ0n) is 13.6. The maximum absolute atomic E-state index is 12.3. The number of hydrogen-bond acceptors (Lipinski definition) is 2. The van der Waals surface area contributed by atoms with Crippen LogP contribution >= 0.6 is 0 Å². The van der Waals surface area contributed by atoms with Crippen molar-refractivity contribution < 1.29 is 14.7 Å². The van der Waals surface area contributed by atoms with Crippen LogP contribution in [-0.2, 0) is 4.79 Å². The molecule has 4 aliphatic carbocycles. The normalized spacial score (nSPS) is 37.1. The molecule has 0 aromatic rings. The van der Waals surface area contributed by atoms with Gasteiger partial charge in [-0.15, -0.1) is 0 Å². The van der Waals surface area contributed by atoms with Crippen LogP contribution in [0.2, 0.25) is 0 Å². The average Bonchev–Trinajstić information content (AvgIpc) is 2.34. The monoisotopic (exact) mass is 308 g/mol. The lowest BCUT2D eigenvalue weighted by atomic mass is 9.53. The van der Waals surface area contributed by atoms with Crippen LogP contribution in [0, 0.1) is 23.7 Å². The summed E-state index contributed by atoms with van der Waals surface area (Å²) in [5.74, 6) is 1.57. The number of urea groups is 1. The second-order valence-corrected chi connectivity index (χ2v) is 8.32. The smallest absolute Gasteiger partial charge is 0.326 e. The summed E-state index contributed by atoms with van der Waals surface area (Å²) in [6.07, 6.45) is 7.68. The maximum Gasteiger partial charge on any atom is 0.326 e. The van der Waals surface area contributed by atoms with Gasteiger partial charge in [0.1, 0.15) is 6.04 Å². The molecule has 0 spiro atoms. The van der Waals surface area contributed by atoms with Gasteiger partial charge in [-0.05, 0) is 68.6 Å². The van der Waals surface area contributed by atoms with Gasteiger partial charge < -0.3 is 15.7 Å². The van der Waals surface area contributed by atoms with Crippen molar-refractivity contribution in [3.8, 4) is 0 Å². The highest BCUT2D eigenvalue weighted by atomic mass is 16.4. The van der Waals surface area contributed by atoms with Crippen molar-refractivity contribution in [3.63, 3.8) is 0 Å². The first-order valence-corrected chi connectivity index (χ1v) is 8.67. The fourth-order valence-corrected chi connectivity index (χ4v) is 5.39. The van der Waals surface area contributed by atoms with Gasteiger partial charge in [-0.2, -0.15) is 0 Å². The third kappa shape index (κ3) is 3.23. The molecule has 22 heavy (non-hydrogen) atoms.